The minimum atomic E-state index is 0.726. The standard InChI is InChI=1S/C17H20BrNO2/c1-13-3-6-15(18)11-17(13)21-16-7-4-14(5-8-16)12-19-9-10-20-2/h3-8,11,19H,9-10,12H2,1-2H3. The molecule has 0 saturated heterocycles. The molecule has 0 fully saturated rings. The Morgan fingerprint density at radius 2 is 1.86 bits per heavy atom. The van der Waals surface area contributed by atoms with Crippen LogP contribution in [-0.2, 0) is 11.3 Å². The van der Waals surface area contributed by atoms with Crippen LogP contribution in [0, 0.1) is 6.92 Å². The summed E-state index contributed by atoms with van der Waals surface area (Å²) in [6, 6.07) is 14.2. The number of nitrogens with one attached hydrogen (secondary N) is 1. The molecule has 0 amide bonds. The van der Waals surface area contributed by atoms with Crippen molar-refractivity contribution in [1.29, 1.82) is 0 Å². The minimum Gasteiger partial charge on any atom is -0.457 e. The number of ether oxygens (including phenoxy) is 2. The normalized spacial score (nSPS) is 10.6. The van der Waals surface area contributed by atoms with Crippen molar-refractivity contribution < 1.29 is 9.47 Å². The van der Waals surface area contributed by atoms with Crippen molar-refractivity contribution >= 4 is 15.9 Å². The van der Waals surface area contributed by atoms with E-state index in [0.717, 1.165) is 41.2 Å². The summed E-state index contributed by atoms with van der Waals surface area (Å²) in [5, 5.41) is 3.32. The lowest BCUT2D eigenvalue weighted by atomic mass is 10.2. The van der Waals surface area contributed by atoms with E-state index in [2.05, 4.69) is 33.4 Å². The second kappa shape index (κ2) is 8.17. The van der Waals surface area contributed by atoms with Crippen LogP contribution in [0.5, 0.6) is 11.5 Å². The van der Waals surface area contributed by atoms with Gasteiger partial charge in [-0.1, -0.05) is 34.1 Å². The molecule has 0 aliphatic rings. The SMILES string of the molecule is COCCNCc1ccc(Oc2cc(Br)ccc2C)cc1. The Morgan fingerprint density at radius 3 is 2.57 bits per heavy atom. The molecule has 0 bridgehead atoms. The van der Waals surface area contributed by atoms with Crippen LogP contribution in [0.25, 0.3) is 0 Å². The first-order valence-electron chi connectivity index (χ1n) is 6.91. The number of benzene rings is 2. The molecule has 0 saturated carbocycles. The highest BCUT2D eigenvalue weighted by Crippen LogP contribution is 2.28. The van der Waals surface area contributed by atoms with Crippen LogP contribution in [0.15, 0.2) is 46.9 Å². The van der Waals surface area contributed by atoms with Crippen molar-refractivity contribution in [3.63, 3.8) is 0 Å². The molecule has 2 rings (SSSR count). The Labute approximate surface area is 134 Å². The van der Waals surface area contributed by atoms with Crippen molar-refractivity contribution in [2.45, 2.75) is 13.5 Å². The molecule has 0 unspecified atom stereocenters. The van der Waals surface area contributed by atoms with E-state index in [9.17, 15) is 0 Å². The fraction of sp³-hybridized carbons (Fsp3) is 0.294. The van der Waals surface area contributed by atoms with Gasteiger partial charge in [0.1, 0.15) is 11.5 Å². The number of halogens is 1. The Hall–Kier alpha value is -1.36. The van der Waals surface area contributed by atoms with E-state index < -0.39 is 0 Å². The summed E-state index contributed by atoms with van der Waals surface area (Å²) >= 11 is 3.46. The third-order valence-electron chi connectivity index (χ3n) is 3.11. The summed E-state index contributed by atoms with van der Waals surface area (Å²) in [7, 11) is 1.71. The molecule has 112 valence electrons. The maximum absolute atomic E-state index is 5.92. The zero-order valence-corrected chi connectivity index (χ0v) is 13.9. The predicted octanol–water partition coefficient (Wildman–Crippen LogP) is 4.29. The van der Waals surface area contributed by atoms with Crippen molar-refractivity contribution in [3.05, 3.63) is 58.1 Å². The summed E-state index contributed by atoms with van der Waals surface area (Å²) < 4.78 is 11.9. The van der Waals surface area contributed by atoms with Gasteiger partial charge in [-0.05, 0) is 42.3 Å². The van der Waals surface area contributed by atoms with E-state index in [1.54, 1.807) is 7.11 Å². The molecule has 0 heterocycles. The highest BCUT2D eigenvalue weighted by atomic mass is 79.9. The molecule has 4 heteroatoms. The van der Waals surface area contributed by atoms with Crippen LogP contribution < -0.4 is 10.1 Å². The molecular formula is C17H20BrNO2. The Bertz CT molecular complexity index is 570. The third kappa shape index (κ3) is 5.16. The number of hydrogen-bond acceptors (Lipinski definition) is 3. The smallest absolute Gasteiger partial charge is 0.131 e. The lowest BCUT2D eigenvalue weighted by Gasteiger charge is -2.10. The molecule has 0 radical (unpaired) electrons. The van der Waals surface area contributed by atoms with Crippen molar-refractivity contribution in [2.75, 3.05) is 20.3 Å². The molecule has 0 aromatic heterocycles. The molecular weight excluding hydrogens is 330 g/mol. The highest BCUT2D eigenvalue weighted by Gasteiger charge is 2.02. The van der Waals surface area contributed by atoms with E-state index in [-0.39, 0.29) is 0 Å². The van der Waals surface area contributed by atoms with Gasteiger partial charge in [-0.25, -0.2) is 0 Å². The highest BCUT2D eigenvalue weighted by molar-refractivity contribution is 9.10. The molecule has 0 aliphatic carbocycles. The van der Waals surface area contributed by atoms with E-state index in [1.165, 1.54) is 5.56 Å². The molecule has 0 atom stereocenters. The Kier molecular flexibility index (Phi) is 6.23. The van der Waals surface area contributed by atoms with Crippen LogP contribution in [0.1, 0.15) is 11.1 Å². The molecule has 21 heavy (non-hydrogen) atoms. The van der Waals surface area contributed by atoms with Crippen LogP contribution in [0.3, 0.4) is 0 Å². The predicted molar refractivity (Wildman–Crippen MR) is 89.0 cm³/mol. The van der Waals surface area contributed by atoms with Crippen LogP contribution >= 0.6 is 15.9 Å². The van der Waals surface area contributed by atoms with Gasteiger partial charge in [0.15, 0.2) is 0 Å². The van der Waals surface area contributed by atoms with Gasteiger partial charge in [-0.2, -0.15) is 0 Å². The van der Waals surface area contributed by atoms with Gasteiger partial charge in [-0.3, -0.25) is 0 Å². The van der Waals surface area contributed by atoms with Crippen molar-refractivity contribution in [2.24, 2.45) is 0 Å². The molecule has 3 nitrogen and oxygen atoms in total. The van der Waals surface area contributed by atoms with Gasteiger partial charge in [0.05, 0.1) is 6.61 Å². The lowest BCUT2D eigenvalue weighted by molar-refractivity contribution is 0.199. The summed E-state index contributed by atoms with van der Waals surface area (Å²) in [6.45, 7) is 4.45. The van der Waals surface area contributed by atoms with Crippen LogP contribution in [-0.4, -0.2) is 20.3 Å². The fourth-order valence-electron chi connectivity index (χ4n) is 1.89. The average Bonchev–Trinajstić information content (AvgIpc) is 2.49. The lowest BCUT2D eigenvalue weighted by Crippen LogP contribution is -2.18. The van der Waals surface area contributed by atoms with Crippen LogP contribution in [0.4, 0.5) is 0 Å². The van der Waals surface area contributed by atoms with E-state index in [4.69, 9.17) is 9.47 Å². The van der Waals surface area contributed by atoms with Gasteiger partial charge in [0.25, 0.3) is 0 Å². The van der Waals surface area contributed by atoms with E-state index >= 15 is 0 Å². The topological polar surface area (TPSA) is 30.5 Å². The van der Waals surface area contributed by atoms with Crippen molar-refractivity contribution in [3.8, 4) is 11.5 Å². The monoisotopic (exact) mass is 349 g/mol. The third-order valence-corrected chi connectivity index (χ3v) is 3.61. The Balaban J connectivity index is 1.94. The average molecular weight is 350 g/mol. The van der Waals surface area contributed by atoms with Gasteiger partial charge in [0, 0.05) is 24.7 Å². The zero-order valence-electron chi connectivity index (χ0n) is 12.4. The van der Waals surface area contributed by atoms with Crippen LogP contribution in [0.2, 0.25) is 0 Å². The molecule has 1 N–H and O–H groups in total. The van der Waals surface area contributed by atoms with E-state index in [1.807, 2.05) is 37.3 Å². The van der Waals surface area contributed by atoms with Gasteiger partial charge in [-0.15, -0.1) is 0 Å². The molecule has 2 aromatic rings. The quantitative estimate of drug-likeness (QED) is 0.756. The molecule has 0 spiro atoms. The summed E-state index contributed by atoms with van der Waals surface area (Å²) in [6.07, 6.45) is 0. The summed E-state index contributed by atoms with van der Waals surface area (Å²) in [4.78, 5) is 0. The minimum absolute atomic E-state index is 0.726. The molecule has 0 aliphatic heterocycles. The zero-order chi connectivity index (χ0) is 15.1. The molecule has 2 aromatic carbocycles. The fourth-order valence-corrected chi connectivity index (χ4v) is 2.23. The van der Waals surface area contributed by atoms with Gasteiger partial charge < -0.3 is 14.8 Å². The first-order chi connectivity index (χ1) is 10.2. The first kappa shape index (κ1) is 16.0. The first-order valence-corrected chi connectivity index (χ1v) is 7.71. The number of aryl methyl sites for hydroxylation is 1. The largest absolute Gasteiger partial charge is 0.457 e. The van der Waals surface area contributed by atoms with Gasteiger partial charge >= 0.3 is 0 Å². The number of rotatable bonds is 7. The second-order valence-electron chi connectivity index (χ2n) is 4.83. The number of hydrogen-bond donors (Lipinski definition) is 1. The maximum Gasteiger partial charge on any atom is 0.131 e. The summed E-state index contributed by atoms with van der Waals surface area (Å²) in [5.41, 5.74) is 2.34. The maximum atomic E-state index is 5.92. The summed E-state index contributed by atoms with van der Waals surface area (Å²) in [5.74, 6) is 1.71. The van der Waals surface area contributed by atoms with Gasteiger partial charge in [0.2, 0.25) is 0 Å². The second-order valence-corrected chi connectivity index (χ2v) is 5.74. The Morgan fingerprint density at radius 1 is 1.10 bits per heavy atom. The number of methoxy groups -OCH3 is 1. The van der Waals surface area contributed by atoms with E-state index in [0.29, 0.717) is 0 Å². The van der Waals surface area contributed by atoms with Crippen molar-refractivity contribution in [1.82, 2.24) is 5.32 Å².